The zero-order chi connectivity index (χ0) is 16.1. The Labute approximate surface area is 136 Å². The first kappa shape index (κ1) is 14.3. The summed E-state index contributed by atoms with van der Waals surface area (Å²) >= 11 is 0. The van der Waals surface area contributed by atoms with Crippen LogP contribution in [0.2, 0.25) is 0 Å². The van der Waals surface area contributed by atoms with E-state index in [-0.39, 0.29) is 11.8 Å². The van der Waals surface area contributed by atoms with E-state index in [9.17, 15) is 9.59 Å². The molecule has 5 nitrogen and oxygen atoms in total. The molecule has 0 fully saturated rings. The number of carbonyl (C=O) groups excluding carboxylic acids is 2. The van der Waals surface area contributed by atoms with Crippen LogP contribution in [-0.2, 0) is 0 Å². The van der Waals surface area contributed by atoms with Crippen LogP contribution < -0.4 is 4.90 Å². The van der Waals surface area contributed by atoms with Crippen molar-refractivity contribution in [2.24, 2.45) is 5.92 Å². The lowest BCUT2D eigenvalue weighted by molar-refractivity contribution is 0.0924. The molecular weight excluding hydrogens is 309 g/mol. The summed E-state index contributed by atoms with van der Waals surface area (Å²) in [6, 6.07) is 8.71. The van der Waals surface area contributed by atoms with E-state index in [2.05, 4.69) is 27.5 Å². The molecule has 0 spiro atoms. The smallest absolute Gasteiger partial charge is 0.267 e. The largest absolute Gasteiger partial charge is 0.268 e. The van der Waals surface area contributed by atoms with Crippen LogP contribution in [0.3, 0.4) is 0 Å². The fourth-order valence-corrected chi connectivity index (χ4v) is 3.53. The van der Waals surface area contributed by atoms with Gasteiger partial charge in [-0.2, -0.15) is 5.10 Å². The van der Waals surface area contributed by atoms with Crippen molar-refractivity contribution in [2.45, 2.75) is 19.8 Å². The van der Waals surface area contributed by atoms with Gasteiger partial charge in [0.25, 0.3) is 11.8 Å². The standard InChI is InChI=1S/C17H16N3O2P/c1-10-6-7-11(8-10)14-9-15(20(23)18-14)19-16(21)12-4-2-3-5-13(12)17(19)22/h2-5,8-10H,6-7,23H2,1H3. The Hall–Kier alpha value is -2.26. The van der Waals surface area contributed by atoms with Crippen molar-refractivity contribution < 1.29 is 9.59 Å². The van der Waals surface area contributed by atoms with Gasteiger partial charge in [-0.1, -0.05) is 25.1 Å². The maximum atomic E-state index is 12.6. The van der Waals surface area contributed by atoms with Crippen molar-refractivity contribution in [3.05, 3.63) is 53.2 Å². The molecule has 2 heterocycles. The highest BCUT2D eigenvalue weighted by Crippen LogP contribution is 2.35. The van der Waals surface area contributed by atoms with Gasteiger partial charge in [0.15, 0.2) is 0 Å². The summed E-state index contributed by atoms with van der Waals surface area (Å²) in [5.41, 5.74) is 2.89. The quantitative estimate of drug-likeness (QED) is 0.630. The van der Waals surface area contributed by atoms with Gasteiger partial charge in [-0.3, -0.25) is 9.59 Å². The van der Waals surface area contributed by atoms with Crippen molar-refractivity contribution >= 4 is 32.6 Å². The molecule has 23 heavy (non-hydrogen) atoms. The number of anilines is 1. The Morgan fingerprint density at radius 1 is 1.17 bits per heavy atom. The first-order valence-electron chi connectivity index (χ1n) is 7.60. The maximum absolute atomic E-state index is 12.6. The van der Waals surface area contributed by atoms with E-state index < -0.39 is 0 Å². The lowest BCUT2D eigenvalue weighted by Crippen LogP contribution is -2.30. The highest BCUT2D eigenvalue weighted by atomic mass is 31.0. The monoisotopic (exact) mass is 325 g/mol. The van der Waals surface area contributed by atoms with Gasteiger partial charge in [0.1, 0.15) is 5.82 Å². The highest BCUT2D eigenvalue weighted by molar-refractivity contribution is 7.14. The Bertz CT molecular complexity index is 833. The average molecular weight is 325 g/mol. The van der Waals surface area contributed by atoms with Crippen LogP contribution in [0.15, 0.2) is 36.4 Å². The molecule has 1 aliphatic carbocycles. The number of carbonyl (C=O) groups is 2. The third-order valence-corrected chi connectivity index (χ3v) is 4.80. The van der Waals surface area contributed by atoms with Gasteiger partial charge in [0.2, 0.25) is 0 Å². The van der Waals surface area contributed by atoms with E-state index in [1.54, 1.807) is 24.3 Å². The lowest BCUT2D eigenvalue weighted by atomic mass is 10.1. The molecule has 2 atom stereocenters. The Kier molecular flexibility index (Phi) is 3.20. The van der Waals surface area contributed by atoms with Gasteiger partial charge in [-0.25, -0.2) is 9.35 Å². The van der Waals surface area contributed by atoms with E-state index in [1.165, 1.54) is 14.9 Å². The molecule has 2 amide bonds. The summed E-state index contributed by atoms with van der Waals surface area (Å²) in [7, 11) is 2.46. The van der Waals surface area contributed by atoms with E-state index in [1.807, 2.05) is 6.07 Å². The molecule has 2 aliphatic rings. The molecule has 0 saturated heterocycles. The lowest BCUT2D eigenvalue weighted by Gasteiger charge is -2.12. The molecule has 6 heteroatoms. The average Bonchev–Trinajstić information content (AvgIpc) is 3.19. The van der Waals surface area contributed by atoms with Gasteiger partial charge in [0.05, 0.1) is 16.8 Å². The topological polar surface area (TPSA) is 55.2 Å². The second-order valence-electron chi connectivity index (χ2n) is 6.03. The van der Waals surface area contributed by atoms with Crippen molar-refractivity contribution in [1.29, 1.82) is 0 Å². The second kappa shape index (κ2) is 5.14. The van der Waals surface area contributed by atoms with Crippen molar-refractivity contribution in [3.63, 3.8) is 0 Å². The number of hydrogen-bond acceptors (Lipinski definition) is 3. The number of hydrogen-bond donors (Lipinski definition) is 0. The normalized spacial score (nSPS) is 20.2. The minimum atomic E-state index is -0.297. The molecule has 0 saturated carbocycles. The Morgan fingerprint density at radius 3 is 2.39 bits per heavy atom. The fourth-order valence-electron chi connectivity index (χ4n) is 3.21. The molecule has 4 rings (SSSR count). The van der Waals surface area contributed by atoms with Gasteiger partial charge < -0.3 is 0 Å². The van der Waals surface area contributed by atoms with Crippen molar-refractivity contribution in [3.8, 4) is 0 Å². The van der Waals surface area contributed by atoms with Gasteiger partial charge in [0, 0.05) is 6.07 Å². The van der Waals surface area contributed by atoms with Crippen molar-refractivity contribution in [2.75, 3.05) is 4.90 Å². The zero-order valence-corrected chi connectivity index (χ0v) is 13.8. The van der Waals surface area contributed by atoms with Gasteiger partial charge in [-0.15, -0.1) is 0 Å². The predicted octanol–water partition coefficient (Wildman–Crippen LogP) is 3.14. The number of fused-ring (bicyclic) bond motifs is 1. The number of allylic oxidation sites excluding steroid dienone is 2. The summed E-state index contributed by atoms with van der Waals surface area (Å²) in [6.45, 7) is 2.18. The van der Waals surface area contributed by atoms with Crippen LogP contribution in [0.1, 0.15) is 46.2 Å². The van der Waals surface area contributed by atoms with Crippen LogP contribution in [0.25, 0.3) is 5.57 Å². The summed E-state index contributed by atoms with van der Waals surface area (Å²) in [5, 5.41) is 4.47. The van der Waals surface area contributed by atoms with Gasteiger partial charge in [-0.05, 0) is 45.9 Å². The van der Waals surface area contributed by atoms with E-state index in [4.69, 9.17) is 0 Å². The third kappa shape index (κ3) is 2.15. The first-order valence-corrected chi connectivity index (χ1v) is 8.12. The third-order valence-electron chi connectivity index (χ3n) is 4.42. The SMILES string of the molecule is CC1C=C(c2cc(N3C(=O)c4ccccc4C3=O)n(P)n2)CC1. The van der Waals surface area contributed by atoms with Crippen LogP contribution in [0.5, 0.6) is 0 Å². The first-order chi connectivity index (χ1) is 11.1. The number of aromatic nitrogens is 2. The summed E-state index contributed by atoms with van der Waals surface area (Å²) in [4.78, 5) is 26.4. The van der Waals surface area contributed by atoms with Crippen LogP contribution in [-0.4, -0.2) is 21.4 Å². The number of rotatable bonds is 2. The van der Waals surface area contributed by atoms with E-state index in [0.717, 1.165) is 18.5 Å². The number of amides is 2. The highest BCUT2D eigenvalue weighted by Gasteiger charge is 2.38. The molecule has 1 aromatic heterocycles. The van der Waals surface area contributed by atoms with Crippen molar-refractivity contribution in [1.82, 2.24) is 9.55 Å². The zero-order valence-electron chi connectivity index (χ0n) is 12.7. The molecule has 0 radical (unpaired) electrons. The molecule has 1 aromatic carbocycles. The van der Waals surface area contributed by atoms with Gasteiger partial charge >= 0.3 is 0 Å². The number of nitrogens with zero attached hydrogens (tertiary/aromatic N) is 3. The van der Waals surface area contributed by atoms with Crippen LogP contribution in [0, 0.1) is 5.92 Å². The molecule has 116 valence electrons. The molecule has 1 aliphatic heterocycles. The Morgan fingerprint density at radius 2 is 1.83 bits per heavy atom. The fraction of sp³-hybridized carbons (Fsp3) is 0.235. The molecule has 0 N–H and O–H groups in total. The number of imide groups is 1. The van der Waals surface area contributed by atoms with E-state index in [0.29, 0.717) is 22.9 Å². The van der Waals surface area contributed by atoms with E-state index >= 15 is 0 Å². The summed E-state index contributed by atoms with van der Waals surface area (Å²) in [6.07, 6.45) is 4.30. The van der Waals surface area contributed by atoms with Crippen LogP contribution >= 0.6 is 9.39 Å². The maximum Gasteiger partial charge on any atom is 0.267 e. The molecule has 2 aromatic rings. The Balaban J connectivity index is 1.75. The summed E-state index contributed by atoms with van der Waals surface area (Å²) in [5.74, 6) is 0.433. The minimum Gasteiger partial charge on any atom is -0.268 e. The minimum absolute atomic E-state index is 0.297. The second-order valence-corrected chi connectivity index (χ2v) is 6.52. The van der Waals surface area contributed by atoms with Crippen LogP contribution in [0.4, 0.5) is 5.82 Å². The number of benzene rings is 1. The molecule has 0 bridgehead atoms. The predicted molar refractivity (Wildman–Crippen MR) is 91.3 cm³/mol. The summed E-state index contributed by atoms with van der Waals surface area (Å²) < 4.78 is 1.53. The molecular formula is C17H16N3O2P. The molecule has 2 unspecified atom stereocenters.